The van der Waals surface area contributed by atoms with Crippen LogP contribution in [0.3, 0.4) is 0 Å². The van der Waals surface area contributed by atoms with E-state index in [1.165, 1.54) is 6.07 Å². The molecule has 6 heteroatoms. The lowest BCUT2D eigenvalue weighted by Gasteiger charge is -2.05. The second kappa shape index (κ2) is 6.37. The van der Waals surface area contributed by atoms with Crippen molar-refractivity contribution in [1.82, 2.24) is 5.32 Å². The van der Waals surface area contributed by atoms with Gasteiger partial charge in [-0.05, 0) is 6.07 Å². The maximum absolute atomic E-state index is 11.6. The van der Waals surface area contributed by atoms with E-state index in [-0.39, 0.29) is 25.1 Å². The van der Waals surface area contributed by atoms with Crippen LogP contribution >= 0.6 is 0 Å². The summed E-state index contributed by atoms with van der Waals surface area (Å²) in [6.45, 7) is 0.0304. The SMILES string of the molecule is O=Cc1ccccc1C(=O)NCCC[N+](=O)[O-]. The third-order valence-corrected chi connectivity index (χ3v) is 2.14. The van der Waals surface area contributed by atoms with Crippen LogP contribution in [0.5, 0.6) is 0 Å². The fourth-order valence-electron chi connectivity index (χ4n) is 1.31. The van der Waals surface area contributed by atoms with Gasteiger partial charge in [0.05, 0.1) is 0 Å². The van der Waals surface area contributed by atoms with Crippen LogP contribution in [0.4, 0.5) is 0 Å². The zero-order valence-electron chi connectivity index (χ0n) is 9.09. The van der Waals surface area contributed by atoms with Crippen LogP contribution in [-0.4, -0.2) is 30.2 Å². The number of aldehydes is 1. The quantitative estimate of drug-likeness (QED) is 0.344. The summed E-state index contributed by atoms with van der Waals surface area (Å²) in [5.74, 6) is -0.393. The van der Waals surface area contributed by atoms with Crippen LogP contribution in [0.1, 0.15) is 27.1 Å². The maximum Gasteiger partial charge on any atom is 0.252 e. The highest BCUT2D eigenvalue weighted by molar-refractivity contribution is 6.01. The van der Waals surface area contributed by atoms with Crippen molar-refractivity contribution in [1.29, 1.82) is 0 Å². The molecule has 0 aliphatic carbocycles. The molecule has 0 aliphatic heterocycles. The number of nitrogens with zero attached hydrogens (tertiary/aromatic N) is 1. The van der Waals surface area contributed by atoms with Gasteiger partial charge in [0.15, 0.2) is 6.29 Å². The Bertz CT molecular complexity index is 431. The summed E-state index contributed by atoms with van der Waals surface area (Å²) < 4.78 is 0. The zero-order valence-corrected chi connectivity index (χ0v) is 9.09. The minimum Gasteiger partial charge on any atom is -0.352 e. The lowest BCUT2D eigenvalue weighted by molar-refractivity contribution is -0.480. The molecule has 0 saturated carbocycles. The number of amides is 1. The number of hydrogen-bond donors (Lipinski definition) is 1. The number of benzene rings is 1. The van der Waals surface area contributed by atoms with Gasteiger partial charge in [0.1, 0.15) is 0 Å². The van der Waals surface area contributed by atoms with Crippen LogP contribution < -0.4 is 5.32 Å². The first-order valence-electron chi connectivity index (χ1n) is 5.09. The van der Waals surface area contributed by atoms with Gasteiger partial charge >= 0.3 is 0 Å². The molecule has 1 rings (SSSR count). The molecular weight excluding hydrogens is 224 g/mol. The van der Waals surface area contributed by atoms with E-state index in [0.29, 0.717) is 11.8 Å². The highest BCUT2D eigenvalue weighted by Crippen LogP contribution is 2.05. The molecule has 0 unspecified atom stereocenters. The Hall–Kier alpha value is -2.24. The molecule has 0 radical (unpaired) electrons. The second-order valence-electron chi connectivity index (χ2n) is 3.37. The first-order chi connectivity index (χ1) is 8.15. The van der Waals surface area contributed by atoms with Gasteiger partial charge in [0.2, 0.25) is 6.54 Å². The third kappa shape index (κ3) is 4.02. The number of nitrogens with one attached hydrogen (secondary N) is 1. The van der Waals surface area contributed by atoms with Crippen molar-refractivity contribution in [2.45, 2.75) is 6.42 Å². The van der Waals surface area contributed by atoms with E-state index in [1.54, 1.807) is 18.2 Å². The summed E-state index contributed by atoms with van der Waals surface area (Å²) in [6.07, 6.45) is 0.869. The van der Waals surface area contributed by atoms with Crippen molar-refractivity contribution in [3.8, 4) is 0 Å². The monoisotopic (exact) mass is 236 g/mol. The predicted octanol–water partition coefficient (Wildman–Crippen LogP) is 0.896. The molecule has 0 heterocycles. The molecular formula is C11H12N2O4. The lowest BCUT2D eigenvalue weighted by Crippen LogP contribution is -2.26. The molecule has 0 saturated heterocycles. The molecule has 0 bridgehead atoms. The molecule has 0 atom stereocenters. The molecule has 0 spiro atoms. The number of carbonyl (C=O) groups excluding carboxylic acids is 2. The van der Waals surface area contributed by atoms with Gasteiger partial charge in [-0.25, -0.2) is 0 Å². The molecule has 1 aromatic carbocycles. The summed E-state index contributed by atoms with van der Waals surface area (Å²) in [5, 5.41) is 12.6. The van der Waals surface area contributed by atoms with E-state index >= 15 is 0 Å². The third-order valence-electron chi connectivity index (χ3n) is 2.14. The van der Waals surface area contributed by atoms with Gasteiger partial charge < -0.3 is 5.32 Å². The molecule has 6 nitrogen and oxygen atoms in total. The fraction of sp³-hybridized carbons (Fsp3) is 0.273. The Morgan fingerprint density at radius 1 is 1.41 bits per heavy atom. The highest BCUT2D eigenvalue weighted by atomic mass is 16.6. The van der Waals surface area contributed by atoms with Crippen molar-refractivity contribution < 1.29 is 14.5 Å². The molecule has 17 heavy (non-hydrogen) atoms. The van der Waals surface area contributed by atoms with Crippen LogP contribution in [0, 0.1) is 10.1 Å². The Morgan fingerprint density at radius 3 is 2.76 bits per heavy atom. The minimum atomic E-state index is -0.439. The second-order valence-corrected chi connectivity index (χ2v) is 3.37. The average molecular weight is 236 g/mol. The smallest absolute Gasteiger partial charge is 0.252 e. The van der Waals surface area contributed by atoms with Crippen molar-refractivity contribution in [2.75, 3.05) is 13.1 Å². The fourth-order valence-corrected chi connectivity index (χ4v) is 1.31. The van der Waals surface area contributed by atoms with Gasteiger partial charge in [-0.2, -0.15) is 0 Å². The molecule has 1 amide bonds. The average Bonchev–Trinajstić information content (AvgIpc) is 2.34. The largest absolute Gasteiger partial charge is 0.352 e. The van der Waals surface area contributed by atoms with Crippen molar-refractivity contribution in [2.24, 2.45) is 0 Å². The number of hydrogen-bond acceptors (Lipinski definition) is 4. The van der Waals surface area contributed by atoms with E-state index in [2.05, 4.69) is 5.32 Å². The maximum atomic E-state index is 11.6. The molecule has 0 aromatic heterocycles. The van der Waals surface area contributed by atoms with Crippen LogP contribution in [0.15, 0.2) is 24.3 Å². The van der Waals surface area contributed by atoms with Gasteiger partial charge in [-0.3, -0.25) is 19.7 Å². The van der Waals surface area contributed by atoms with Gasteiger partial charge in [-0.15, -0.1) is 0 Å². The number of nitro groups is 1. The Morgan fingerprint density at radius 2 is 2.12 bits per heavy atom. The zero-order chi connectivity index (χ0) is 12.7. The van der Waals surface area contributed by atoms with Gasteiger partial charge in [0.25, 0.3) is 5.91 Å². The first-order valence-corrected chi connectivity index (χ1v) is 5.09. The number of carbonyl (C=O) groups is 2. The van der Waals surface area contributed by atoms with Crippen LogP contribution in [0.25, 0.3) is 0 Å². The molecule has 90 valence electrons. The first kappa shape index (κ1) is 12.8. The summed E-state index contributed by atoms with van der Waals surface area (Å²) in [7, 11) is 0. The van der Waals surface area contributed by atoms with Crippen LogP contribution in [-0.2, 0) is 0 Å². The normalized spacial score (nSPS) is 9.65. The lowest BCUT2D eigenvalue weighted by atomic mass is 10.1. The summed E-state index contributed by atoms with van der Waals surface area (Å²) in [4.78, 5) is 31.9. The van der Waals surface area contributed by atoms with Crippen molar-refractivity contribution in [3.63, 3.8) is 0 Å². The van der Waals surface area contributed by atoms with Crippen molar-refractivity contribution in [3.05, 3.63) is 45.5 Å². The Labute approximate surface area is 97.8 Å². The topological polar surface area (TPSA) is 89.3 Å². The van der Waals surface area contributed by atoms with E-state index < -0.39 is 10.8 Å². The molecule has 0 fully saturated rings. The molecule has 1 N–H and O–H groups in total. The Kier molecular flexibility index (Phi) is 4.80. The van der Waals surface area contributed by atoms with E-state index in [0.717, 1.165) is 0 Å². The summed E-state index contributed by atoms with van der Waals surface area (Å²) in [6, 6.07) is 6.39. The van der Waals surface area contributed by atoms with E-state index in [4.69, 9.17) is 0 Å². The van der Waals surface area contributed by atoms with Gasteiger partial charge in [-0.1, -0.05) is 18.2 Å². The Balaban J connectivity index is 2.52. The van der Waals surface area contributed by atoms with E-state index in [9.17, 15) is 19.7 Å². The molecule has 0 aliphatic rings. The van der Waals surface area contributed by atoms with Crippen LogP contribution in [0.2, 0.25) is 0 Å². The summed E-state index contributed by atoms with van der Waals surface area (Å²) >= 11 is 0. The standard InChI is InChI=1S/C11H12N2O4/c14-8-9-4-1-2-5-10(9)11(15)12-6-3-7-13(16)17/h1-2,4-5,8H,3,6-7H2,(H,12,15). The van der Waals surface area contributed by atoms with E-state index in [1.807, 2.05) is 0 Å². The van der Waals surface area contributed by atoms with Crippen molar-refractivity contribution >= 4 is 12.2 Å². The van der Waals surface area contributed by atoms with Gasteiger partial charge in [0, 0.05) is 29.0 Å². The minimum absolute atomic E-state index is 0.185. The summed E-state index contributed by atoms with van der Waals surface area (Å²) in [5.41, 5.74) is 0.586. The molecule has 1 aromatic rings. The number of rotatable bonds is 6. The predicted molar refractivity (Wildman–Crippen MR) is 60.6 cm³/mol. The highest BCUT2D eigenvalue weighted by Gasteiger charge is 2.09.